The molecule has 0 atom stereocenters. The fourth-order valence-corrected chi connectivity index (χ4v) is 3.85. The molecule has 0 amide bonds. The highest BCUT2D eigenvalue weighted by Gasteiger charge is 2.26. The van der Waals surface area contributed by atoms with Gasteiger partial charge >= 0.3 is 10.1 Å². The molecule has 0 spiro atoms. The van der Waals surface area contributed by atoms with Crippen LogP contribution in [0.4, 0.5) is 0 Å². The molecule has 0 aliphatic rings. The van der Waals surface area contributed by atoms with Crippen molar-refractivity contribution in [3.05, 3.63) is 71.4 Å². The summed E-state index contributed by atoms with van der Waals surface area (Å²) in [6.45, 7) is 14.3. The Kier molecular flexibility index (Phi) is 5.58. The molecule has 30 heavy (non-hydrogen) atoms. The van der Waals surface area contributed by atoms with Crippen molar-refractivity contribution < 1.29 is 12.6 Å². The van der Waals surface area contributed by atoms with Crippen LogP contribution in [-0.4, -0.2) is 18.2 Å². The van der Waals surface area contributed by atoms with Gasteiger partial charge in [0.2, 0.25) is 5.88 Å². The van der Waals surface area contributed by atoms with Crippen molar-refractivity contribution in [2.24, 2.45) is 0 Å². The predicted octanol–water partition coefficient (Wildman–Crippen LogP) is 5.54. The van der Waals surface area contributed by atoms with Gasteiger partial charge in [-0.05, 0) is 42.2 Å². The summed E-state index contributed by atoms with van der Waals surface area (Å²) in [6.07, 6.45) is 0. The van der Waals surface area contributed by atoms with E-state index in [1.54, 1.807) is 22.9 Å². The van der Waals surface area contributed by atoms with Crippen molar-refractivity contribution in [1.82, 2.24) is 9.78 Å². The summed E-state index contributed by atoms with van der Waals surface area (Å²) in [5.41, 5.74) is 3.33. The van der Waals surface area contributed by atoms with Crippen LogP contribution in [-0.2, 0) is 20.9 Å². The first-order valence-electron chi connectivity index (χ1n) is 10.00. The molecule has 1 heterocycles. The van der Waals surface area contributed by atoms with Crippen LogP contribution in [0.25, 0.3) is 5.69 Å². The van der Waals surface area contributed by atoms with Gasteiger partial charge in [0, 0.05) is 11.5 Å². The molecule has 160 valence electrons. The Morgan fingerprint density at radius 1 is 0.833 bits per heavy atom. The zero-order valence-electron chi connectivity index (χ0n) is 18.7. The van der Waals surface area contributed by atoms with Crippen LogP contribution in [0.2, 0.25) is 0 Å². The molecule has 0 unspecified atom stereocenters. The van der Waals surface area contributed by atoms with Gasteiger partial charge in [0.05, 0.1) is 11.4 Å². The minimum absolute atomic E-state index is 0.0607. The lowest BCUT2D eigenvalue weighted by Crippen LogP contribution is -2.14. The molecule has 0 saturated carbocycles. The molecule has 0 fully saturated rings. The second-order valence-corrected chi connectivity index (χ2v) is 11.2. The quantitative estimate of drug-likeness (QED) is 0.514. The van der Waals surface area contributed by atoms with E-state index in [9.17, 15) is 8.42 Å². The van der Waals surface area contributed by atoms with Gasteiger partial charge in [0.1, 0.15) is 4.90 Å². The monoisotopic (exact) mass is 426 g/mol. The van der Waals surface area contributed by atoms with Crippen LogP contribution in [0, 0.1) is 6.92 Å². The van der Waals surface area contributed by atoms with E-state index in [-0.39, 0.29) is 21.6 Å². The molecule has 3 aromatic rings. The van der Waals surface area contributed by atoms with Crippen LogP contribution < -0.4 is 4.18 Å². The Hall–Kier alpha value is -2.60. The normalized spacial score (nSPS) is 12.8. The molecular formula is C24H30N2O3S. The van der Waals surface area contributed by atoms with Gasteiger partial charge in [0.25, 0.3) is 0 Å². The van der Waals surface area contributed by atoms with Gasteiger partial charge in [-0.1, -0.05) is 71.4 Å². The first-order valence-corrected chi connectivity index (χ1v) is 11.4. The van der Waals surface area contributed by atoms with Crippen molar-refractivity contribution >= 4 is 10.1 Å². The number of rotatable bonds is 4. The second-order valence-electron chi connectivity index (χ2n) is 9.68. The summed E-state index contributed by atoms with van der Waals surface area (Å²) in [7, 11) is -4.01. The molecule has 6 heteroatoms. The minimum atomic E-state index is -4.01. The van der Waals surface area contributed by atoms with Crippen molar-refractivity contribution in [2.45, 2.75) is 64.2 Å². The molecule has 0 radical (unpaired) electrons. The Morgan fingerprint density at radius 3 is 1.90 bits per heavy atom. The largest absolute Gasteiger partial charge is 0.358 e. The Morgan fingerprint density at radius 2 is 1.40 bits per heavy atom. The van der Waals surface area contributed by atoms with E-state index in [1.165, 1.54) is 0 Å². The predicted molar refractivity (Wildman–Crippen MR) is 120 cm³/mol. The molecule has 0 N–H and O–H groups in total. The van der Waals surface area contributed by atoms with Crippen molar-refractivity contribution in [2.75, 3.05) is 0 Å². The van der Waals surface area contributed by atoms with Crippen molar-refractivity contribution in [3.63, 3.8) is 0 Å². The third kappa shape index (κ3) is 4.75. The van der Waals surface area contributed by atoms with E-state index in [0.29, 0.717) is 0 Å². The highest BCUT2D eigenvalue weighted by Crippen LogP contribution is 2.30. The second kappa shape index (κ2) is 7.58. The lowest BCUT2D eigenvalue weighted by atomic mass is 9.87. The minimum Gasteiger partial charge on any atom is -0.358 e. The maximum atomic E-state index is 13.0. The smallest absolute Gasteiger partial charge is 0.340 e. The summed E-state index contributed by atoms with van der Waals surface area (Å²) < 4.78 is 33.1. The maximum absolute atomic E-state index is 13.0. The molecule has 1 aromatic heterocycles. The molecule has 5 nitrogen and oxygen atoms in total. The Labute approximate surface area is 179 Å². The third-order valence-corrected chi connectivity index (χ3v) is 6.17. The molecule has 0 aliphatic heterocycles. The molecule has 0 saturated heterocycles. The Bertz CT molecular complexity index is 1130. The molecule has 3 rings (SSSR count). The summed E-state index contributed by atoms with van der Waals surface area (Å²) in [4.78, 5) is 0.115. The maximum Gasteiger partial charge on any atom is 0.340 e. The lowest BCUT2D eigenvalue weighted by Gasteiger charge is -2.19. The number of aryl methyl sites for hydroxylation is 1. The fourth-order valence-electron chi connectivity index (χ4n) is 2.94. The van der Waals surface area contributed by atoms with Gasteiger partial charge < -0.3 is 4.18 Å². The van der Waals surface area contributed by atoms with Crippen molar-refractivity contribution in [1.29, 1.82) is 0 Å². The Balaban J connectivity index is 2.02. The summed E-state index contributed by atoms with van der Waals surface area (Å²) >= 11 is 0. The van der Waals surface area contributed by atoms with Gasteiger partial charge in [-0.25, -0.2) is 0 Å². The van der Waals surface area contributed by atoms with E-state index in [0.717, 1.165) is 22.5 Å². The fraction of sp³-hybridized carbons (Fsp3) is 0.375. The number of nitrogens with zero attached hydrogens (tertiary/aromatic N) is 2. The first kappa shape index (κ1) is 22.1. The molecule has 0 bridgehead atoms. The zero-order chi connectivity index (χ0) is 22.3. The molecular weight excluding hydrogens is 396 g/mol. The number of hydrogen-bond donors (Lipinski definition) is 0. The van der Waals surface area contributed by atoms with Crippen LogP contribution >= 0.6 is 0 Å². The highest BCUT2D eigenvalue weighted by molar-refractivity contribution is 7.87. The van der Waals surface area contributed by atoms with E-state index in [4.69, 9.17) is 4.18 Å². The first-order chi connectivity index (χ1) is 13.8. The van der Waals surface area contributed by atoms with E-state index in [1.807, 2.05) is 64.1 Å². The van der Waals surface area contributed by atoms with E-state index < -0.39 is 10.1 Å². The summed E-state index contributed by atoms with van der Waals surface area (Å²) in [6, 6.07) is 16.2. The van der Waals surface area contributed by atoms with E-state index in [2.05, 4.69) is 25.9 Å². The standard InChI is InChI=1S/C24H30N2O3S/c1-17-8-12-19(13-9-17)26-22(16-21(25-26)24(5,6)7)29-30(27,28)20-14-10-18(11-15-20)23(2,3)4/h8-16H,1-7H3. The lowest BCUT2D eigenvalue weighted by molar-refractivity contribution is 0.464. The van der Waals surface area contributed by atoms with Crippen LogP contribution in [0.1, 0.15) is 58.4 Å². The molecule has 2 aromatic carbocycles. The van der Waals surface area contributed by atoms with E-state index >= 15 is 0 Å². The number of hydrogen-bond acceptors (Lipinski definition) is 4. The number of aromatic nitrogens is 2. The van der Waals surface area contributed by atoms with Crippen LogP contribution in [0.15, 0.2) is 59.5 Å². The van der Waals surface area contributed by atoms with Gasteiger partial charge in [-0.3, -0.25) is 0 Å². The summed E-state index contributed by atoms with van der Waals surface area (Å²) in [5, 5.41) is 4.63. The average molecular weight is 427 g/mol. The SMILES string of the molecule is Cc1ccc(-n2nc(C(C)(C)C)cc2OS(=O)(=O)c2ccc(C(C)(C)C)cc2)cc1. The highest BCUT2D eigenvalue weighted by atomic mass is 32.2. The van der Waals surface area contributed by atoms with Gasteiger partial charge in [0.15, 0.2) is 0 Å². The van der Waals surface area contributed by atoms with Gasteiger partial charge in [-0.15, -0.1) is 0 Å². The van der Waals surface area contributed by atoms with Crippen LogP contribution in [0.5, 0.6) is 5.88 Å². The number of benzene rings is 2. The van der Waals surface area contributed by atoms with Gasteiger partial charge in [-0.2, -0.15) is 18.2 Å². The molecule has 0 aliphatic carbocycles. The topological polar surface area (TPSA) is 61.2 Å². The third-order valence-electron chi connectivity index (χ3n) is 4.93. The average Bonchev–Trinajstić information content (AvgIpc) is 3.05. The van der Waals surface area contributed by atoms with Crippen molar-refractivity contribution in [3.8, 4) is 11.6 Å². The zero-order valence-corrected chi connectivity index (χ0v) is 19.5. The summed E-state index contributed by atoms with van der Waals surface area (Å²) in [5.74, 6) is 0.170. The van der Waals surface area contributed by atoms with Crippen LogP contribution in [0.3, 0.4) is 0 Å².